The molecule has 0 fully saturated rings. The number of aryl methyl sites for hydroxylation is 1. The molecule has 110 valence electrons. The normalized spacial score (nSPS) is 10.5. The van der Waals surface area contributed by atoms with E-state index >= 15 is 0 Å². The van der Waals surface area contributed by atoms with Gasteiger partial charge >= 0.3 is 0 Å². The average molecular weight is 375 g/mol. The molecule has 1 aromatic carbocycles. The number of rotatable bonds is 4. The third kappa shape index (κ3) is 3.51. The van der Waals surface area contributed by atoms with Crippen molar-refractivity contribution >= 4 is 44.1 Å². The topological polar surface area (TPSA) is 59.1 Å². The number of hydrogen-bond donors (Lipinski definition) is 1. The summed E-state index contributed by atoms with van der Waals surface area (Å²) in [6.45, 7) is 1.65. The van der Waals surface area contributed by atoms with Crippen molar-refractivity contribution < 1.29 is 18.4 Å². The van der Waals surface area contributed by atoms with Crippen molar-refractivity contribution in [3.8, 4) is 0 Å². The van der Waals surface area contributed by atoms with Gasteiger partial charge in [-0.2, -0.15) is 0 Å². The lowest BCUT2D eigenvalue weighted by Crippen LogP contribution is -2.12. The number of alkyl halides is 1. The van der Waals surface area contributed by atoms with Gasteiger partial charge in [0.1, 0.15) is 0 Å². The van der Waals surface area contributed by atoms with Gasteiger partial charge in [0.15, 0.2) is 22.5 Å². The van der Waals surface area contributed by atoms with Gasteiger partial charge in [0, 0.05) is 5.56 Å². The summed E-state index contributed by atoms with van der Waals surface area (Å²) in [5, 5.41) is 2.84. The summed E-state index contributed by atoms with van der Waals surface area (Å²) in [4.78, 5) is 28.0. The minimum absolute atomic E-state index is 0.0323. The van der Waals surface area contributed by atoms with Crippen LogP contribution in [0, 0.1) is 18.6 Å². The second kappa shape index (κ2) is 6.40. The summed E-state index contributed by atoms with van der Waals surface area (Å²) in [5.74, 6) is -2.89. The predicted molar refractivity (Wildman–Crippen MR) is 79.3 cm³/mol. The monoisotopic (exact) mass is 374 g/mol. The number of hydrogen-bond acceptors (Lipinski definition) is 4. The molecule has 0 saturated heterocycles. The molecule has 0 radical (unpaired) electrons. The van der Waals surface area contributed by atoms with Gasteiger partial charge in [0.2, 0.25) is 0 Å². The van der Waals surface area contributed by atoms with Crippen molar-refractivity contribution in [1.82, 2.24) is 4.98 Å². The molecule has 0 spiro atoms. The van der Waals surface area contributed by atoms with E-state index in [0.717, 1.165) is 23.5 Å². The quantitative estimate of drug-likeness (QED) is 0.657. The average Bonchev–Trinajstić information content (AvgIpc) is 2.81. The van der Waals surface area contributed by atoms with Crippen LogP contribution in [-0.4, -0.2) is 22.0 Å². The Kier molecular flexibility index (Phi) is 4.79. The highest BCUT2D eigenvalue weighted by atomic mass is 79.9. The van der Waals surface area contributed by atoms with Crippen LogP contribution in [0.5, 0.6) is 0 Å². The Bertz CT molecular complexity index is 718. The molecule has 0 unspecified atom stereocenters. The summed E-state index contributed by atoms with van der Waals surface area (Å²) in [7, 11) is 0. The summed E-state index contributed by atoms with van der Waals surface area (Å²) < 4.78 is 25.9. The minimum Gasteiger partial charge on any atom is -0.298 e. The number of carbonyl (C=O) groups is 2. The van der Waals surface area contributed by atoms with E-state index in [1.54, 1.807) is 6.92 Å². The number of ketones is 1. The molecule has 1 aromatic heterocycles. The zero-order valence-corrected chi connectivity index (χ0v) is 13.1. The number of halogens is 3. The highest BCUT2D eigenvalue weighted by Gasteiger charge is 2.16. The van der Waals surface area contributed by atoms with Crippen LogP contribution in [-0.2, 0) is 0 Å². The predicted octanol–water partition coefficient (Wildman–Crippen LogP) is 3.56. The number of nitrogens with one attached hydrogen (secondary N) is 1. The van der Waals surface area contributed by atoms with E-state index in [9.17, 15) is 18.4 Å². The van der Waals surface area contributed by atoms with Crippen molar-refractivity contribution in [1.29, 1.82) is 0 Å². The van der Waals surface area contributed by atoms with Crippen LogP contribution in [0.3, 0.4) is 0 Å². The van der Waals surface area contributed by atoms with Crippen LogP contribution in [0.4, 0.5) is 13.9 Å². The van der Waals surface area contributed by atoms with Crippen LogP contribution in [0.1, 0.15) is 25.7 Å². The summed E-state index contributed by atoms with van der Waals surface area (Å²) in [6, 6.07) is 2.84. The van der Waals surface area contributed by atoms with Gasteiger partial charge in [-0.15, -0.1) is 0 Å². The molecule has 1 amide bonds. The number of nitrogens with zero attached hydrogens (tertiary/aromatic N) is 1. The number of anilines is 1. The molecular formula is C13H9BrF2N2O2S. The number of carbonyl (C=O) groups excluding carboxylic acids is 2. The fourth-order valence-electron chi connectivity index (χ4n) is 1.58. The second-order valence-electron chi connectivity index (χ2n) is 4.07. The number of Topliss-reactive ketones (excluding diaryl/α,β-unsaturated/α-hetero) is 1. The molecule has 0 bridgehead atoms. The number of amides is 1. The molecule has 1 N–H and O–H groups in total. The van der Waals surface area contributed by atoms with Gasteiger partial charge in [0.05, 0.1) is 15.9 Å². The Labute approximate surface area is 131 Å². The first-order valence-electron chi connectivity index (χ1n) is 5.75. The van der Waals surface area contributed by atoms with E-state index in [1.165, 1.54) is 6.07 Å². The Morgan fingerprint density at radius 2 is 2.05 bits per heavy atom. The highest BCUT2D eigenvalue weighted by molar-refractivity contribution is 9.09. The van der Waals surface area contributed by atoms with Crippen LogP contribution in [0.25, 0.3) is 0 Å². The fourth-order valence-corrected chi connectivity index (χ4v) is 2.94. The first-order valence-corrected chi connectivity index (χ1v) is 7.69. The van der Waals surface area contributed by atoms with E-state index in [4.69, 9.17) is 0 Å². The zero-order chi connectivity index (χ0) is 15.6. The van der Waals surface area contributed by atoms with Gasteiger partial charge in [-0.25, -0.2) is 13.8 Å². The van der Waals surface area contributed by atoms with Gasteiger partial charge < -0.3 is 0 Å². The summed E-state index contributed by atoms with van der Waals surface area (Å²) >= 11 is 4.09. The maximum absolute atomic E-state index is 13.1. The van der Waals surface area contributed by atoms with Crippen LogP contribution < -0.4 is 5.32 Å². The Morgan fingerprint density at radius 3 is 2.67 bits per heavy atom. The molecule has 0 saturated carbocycles. The molecule has 0 aliphatic rings. The maximum Gasteiger partial charge on any atom is 0.257 e. The van der Waals surface area contributed by atoms with Crippen LogP contribution in [0.15, 0.2) is 18.2 Å². The van der Waals surface area contributed by atoms with E-state index < -0.39 is 17.5 Å². The van der Waals surface area contributed by atoms with Crippen LogP contribution >= 0.6 is 27.3 Å². The fraction of sp³-hybridized carbons (Fsp3) is 0.154. The molecule has 21 heavy (non-hydrogen) atoms. The van der Waals surface area contributed by atoms with E-state index in [1.807, 2.05) is 0 Å². The van der Waals surface area contributed by atoms with Crippen molar-refractivity contribution in [3.63, 3.8) is 0 Å². The van der Waals surface area contributed by atoms with Crippen molar-refractivity contribution in [2.24, 2.45) is 0 Å². The van der Waals surface area contributed by atoms with E-state index in [0.29, 0.717) is 10.6 Å². The third-order valence-electron chi connectivity index (χ3n) is 2.57. The van der Waals surface area contributed by atoms with E-state index in [2.05, 4.69) is 26.2 Å². The second-order valence-corrected chi connectivity index (χ2v) is 5.63. The first-order chi connectivity index (χ1) is 9.92. The molecule has 2 aromatic rings. The lowest BCUT2D eigenvalue weighted by molar-refractivity contribution is 0.101. The smallest absolute Gasteiger partial charge is 0.257 e. The standard InChI is InChI=1S/C13H9BrF2N2O2S/c1-6-11(10(19)5-14)21-13(17-6)18-12(20)7-2-3-8(15)9(16)4-7/h2-4H,5H2,1H3,(H,17,18,20). The molecule has 1 heterocycles. The lowest BCUT2D eigenvalue weighted by Gasteiger charge is -2.02. The van der Waals surface area contributed by atoms with Crippen molar-refractivity contribution in [2.75, 3.05) is 10.6 Å². The molecular weight excluding hydrogens is 366 g/mol. The Balaban J connectivity index is 2.19. The maximum atomic E-state index is 13.1. The number of benzene rings is 1. The Morgan fingerprint density at radius 1 is 1.33 bits per heavy atom. The minimum atomic E-state index is -1.10. The van der Waals surface area contributed by atoms with Crippen LogP contribution in [0.2, 0.25) is 0 Å². The largest absolute Gasteiger partial charge is 0.298 e. The summed E-state index contributed by atoms with van der Waals surface area (Å²) in [6.07, 6.45) is 0. The van der Waals surface area contributed by atoms with Gasteiger partial charge in [-0.1, -0.05) is 27.3 Å². The molecule has 4 nitrogen and oxygen atoms in total. The summed E-state index contributed by atoms with van der Waals surface area (Å²) in [5.41, 5.74) is 0.472. The van der Waals surface area contributed by atoms with Crippen molar-refractivity contribution in [2.45, 2.75) is 6.92 Å². The molecule has 0 aliphatic carbocycles. The number of aromatic nitrogens is 1. The highest BCUT2D eigenvalue weighted by Crippen LogP contribution is 2.24. The lowest BCUT2D eigenvalue weighted by atomic mass is 10.2. The molecule has 0 atom stereocenters. The van der Waals surface area contributed by atoms with Crippen molar-refractivity contribution in [3.05, 3.63) is 46.0 Å². The number of thiazole rings is 1. The van der Waals surface area contributed by atoms with Gasteiger partial charge in [-0.05, 0) is 25.1 Å². The van der Waals surface area contributed by atoms with Gasteiger partial charge in [-0.3, -0.25) is 14.9 Å². The van der Waals surface area contributed by atoms with Gasteiger partial charge in [0.25, 0.3) is 5.91 Å². The molecule has 8 heteroatoms. The van der Waals surface area contributed by atoms with E-state index in [-0.39, 0.29) is 21.8 Å². The SMILES string of the molecule is Cc1nc(NC(=O)c2ccc(F)c(F)c2)sc1C(=O)CBr. The zero-order valence-electron chi connectivity index (χ0n) is 10.7. The molecule has 2 rings (SSSR count). The first kappa shape index (κ1) is 15.7. The Hall–Kier alpha value is -1.67. The third-order valence-corrected chi connectivity index (χ3v) is 4.20. The molecule has 0 aliphatic heterocycles.